The molecule has 0 saturated carbocycles. The van der Waals surface area contributed by atoms with Gasteiger partial charge in [0.1, 0.15) is 11.4 Å². The van der Waals surface area contributed by atoms with E-state index in [9.17, 15) is 9.59 Å². The number of piperidine rings is 1. The van der Waals surface area contributed by atoms with E-state index in [2.05, 4.69) is 5.16 Å². The number of aryl methyl sites for hydroxylation is 1. The first-order valence-electron chi connectivity index (χ1n) is 7.12. The summed E-state index contributed by atoms with van der Waals surface area (Å²) in [4.78, 5) is 27.3. The van der Waals surface area contributed by atoms with Gasteiger partial charge in [0.2, 0.25) is 5.91 Å². The Morgan fingerprint density at radius 1 is 1.48 bits per heavy atom. The first kappa shape index (κ1) is 13.9. The van der Waals surface area contributed by atoms with Crippen LogP contribution in [0.1, 0.15) is 24.3 Å². The molecule has 1 spiro atoms. The summed E-state index contributed by atoms with van der Waals surface area (Å²) in [5, 5.41) is 3.78. The van der Waals surface area contributed by atoms with Gasteiger partial charge in [-0.1, -0.05) is 5.16 Å². The molecule has 2 aliphatic rings. The molecule has 2 aliphatic heterocycles. The van der Waals surface area contributed by atoms with Crippen LogP contribution in [-0.2, 0) is 16.0 Å². The normalized spacial score (nSPS) is 25.5. The Kier molecular flexibility index (Phi) is 3.35. The molecule has 0 radical (unpaired) electrons. The summed E-state index contributed by atoms with van der Waals surface area (Å²) < 4.78 is 10.6. The third kappa shape index (κ3) is 2.72. The summed E-state index contributed by atoms with van der Waals surface area (Å²) in [5.41, 5.74) is 0.219. The standard InChI is InChI=1S/C14H19N3O4/c1-10-6-11(21-15-10)7-12(18)17-5-3-4-14(9-17)8-16(2)13(19)20-14/h6H,3-5,7-9H2,1-2H3/t14-/m1/s1. The second-order valence-electron chi connectivity index (χ2n) is 5.94. The van der Waals surface area contributed by atoms with Crippen LogP contribution >= 0.6 is 0 Å². The number of aromatic nitrogens is 1. The average molecular weight is 293 g/mol. The van der Waals surface area contributed by atoms with Gasteiger partial charge in [0.05, 0.1) is 25.2 Å². The van der Waals surface area contributed by atoms with E-state index in [1.165, 1.54) is 0 Å². The fourth-order valence-corrected chi connectivity index (χ4v) is 3.08. The fraction of sp³-hybridized carbons (Fsp3) is 0.643. The Morgan fingerprint density at radius 2 is 2.29 bits per heavy atom. The minimum atomic E-state index is -0.545. The maximum Gasteiger partial charge on any atom is 0.410 e. The van der Waals surface area contributed by atoms with Crippen LogP contribution in [0, 0.1) is 6.92 Å². The lowest BCUT2D eigenvalue weighted by Crippen LogP contribution is -2.52. The molecule has 1 aromatic heterocycles. The van der Waals surface area contributed by atoms with Crippen LogP contribution < -0.4 is 0 Å². The SMILES string of the molecule is Cc1cc(CC(=O)N2CCC[C@@]3(CN(C)C(=O)O3)C2)on1. The third-order valence-corrected chi connectivity index (χ3v) is 4.04. The zero-order chi connectivity index (χ0) is 15.0. The second-order valence-corrected chi connectivity index (χ2v) is 5.94. The Labute approximate surface area is 122 Å². The van der Waals surface area contributed by atoms with E-state index in [0.29, 0.717) is 25.4 Å². The Balaban J connectivity index is 1.66. The molecule has 3 rings (SSSR count). The van der Waals surface area contributed by atoms with Crippen LogP contribution in [0.4, 0.5) is 4.79 Å². The number of nitrogens with zero attached hydrogens (tertiary/aromatic N) is 3. The van der Waals surface area contributed by atoms with Crippen LogP contribution in [0.15, 0.2) is 10.6 Å². The maximum atomic E-state index is 12.4. The highest BCUT2D eigenvalue weighted by molar-refractivity contribution is 5.78. The lowest BCUT2D eigenvalue weighted by Gasteiger charge is -2.38. The lowest BCUT2D eigenvalue weighted by atomic mass is 9.92. The van der Waals surface area contributed by atoms with Crippen molar-refractivity contribution in [3.05, 3.63) is 17.5 Å². The van der Waals surface area contributed by atoms with Crippen molar-refractivity contribution in [1.82, 2.24) is 15.0 Å². The van der Waals surface area contributed by atoms with Crippen molar-refractivity contribution in [2.24, 2.45) is 0 Å². The molecular weight excluding hydrogens is 274 g/mol. The number of likely N-dealkylation sites (tertiary alicyclic amines) is 1. The van der Waals surface area contributed by atoms with E-state index in [-0.39, 0.29) is 18.4 Å². The number of likely N-dealkylation sites (N-methyl/N-ethyl adjacent to an activating group) is 1. The number of carbonyl (C=O) groups excluding carboxylic acids is 2. The molecule has 21 heavy (non-hydrogen) atoms. The highest BCUT2D eigenvalue weighted by atomic mass is 16.6. The van der Waals surface area contributed by atoms with Crippen LogP contribution in [0.2, 0.25) is 0 Å². The van der Waals surface area contributed by atoms with Crippen molar-refractivity contribution < 1.29 is 18.8 Å². The monoisotopic (exact) mass is 293 g/mol. The largest absolute Gasteiger partial charge is 0.439 e. The molecule has 2 amide bonds. The predicted molar refractivity (Wildman–Crippen MR) is 72.6 cm³/mol. The van der Waals surface area contributed by atoms with Crippen molar-refractivity contribution in [1.29, 1.82) is 0 Å². The Bertz CT molecular complexity index is 570. The predicted octanol–water partition coefficient (Wildman–Crippen LogP) is 0.969. The van der Waals surface area contributed by atoms with Crippen molar-refractivity contribution in [3.8, 4) is 0 Å². The number of carbonyl (C=O) groups is 2. The molecule has 2 fully saturated rings. The van der Waals surface area contributed by atoms with E-state index in [0.717, 1.165) is 18.5 Å². The number of hydrogen-bond acceptors (Lipinski definition) is 5. The van der Waals surface area contributed by atoms with Crippen molar-refractivity contribution in [2.75, 3.05) is 26.7 Å². The number of hydrogen-bond donors (Lipinski definition) is 0. The molecule has 114 valence electrons. The van der Waals surface area contributed by atoms with Gasteiger partial charge in [-0.3, -0.25) is 4.79 Å². The Morgan fingerprint density at radius 3 is 2.90 bits per heavy atom. The highest BCUT2D eigenvalue weighted by Gasteiger charge is 2.47. The molecule has 7 heteroatoms. The number of amides is 2. The topological polar surface area (TPSA) is 75.9 Å². The smallest absolute Gasteiger partial charge is 0.410 e. The molecule has 2 saturated heterocycles. The first-order valence-corrected chi connectivity index (χ1v) is 7.12. The minimum Gasteiger partial charge on any atom is -0.439 e. The zero-order valence-corrected chi connectivity index (χ0v) is 12.3. The van der Waals surface area contributed by atoms with Crippen LogP contribution in [0.5, 0.6) is 0 Å². The van der Waals surface area contributed by atoms with Gasteiger partial charge in [0.25, 0.3) is 0 Å². The maximum absolute atomic E-state index is 12.4. The van der Waals surface area contributed by atoms with Gasteiger partial charge >= 0.3 is 6.09 Å². The summed E-state index contributed by atoms with van der Waals surface area (Å²) in [7, 11) is 1.72. The number of ether oxygens (including phenoxy) is 1. The van der Waals surface area contributed by atoms with Crippen molar-refractivity contribution >= 4 is 12.0 Å². The average Bonchev–Trinajstić information content (AvgIpc) is 2.94. The van der Waals surface area contributed by atoms with Crippen LogP contribution in [0.3, 0.4) is 0 Å². The molecule has 0 aromatic carbocycles. The van der Waals surface area contributed by atoms with Crippen molar-refractivity contribution in [2.45, 2.75) is 31.8 Å². The number of rotatable bonds is 2. The van der Waals surface area contributed by atoms with E-state index in [1.807, 2.05) is 6.92 Å². The van der Waals surface area contributed by atoms with Crippen LogP contribution in [-0.4, -0.2) is 59.2 Å². The van der Waals surface area contributed by atoms with Crippen molar-refractivity contribution in [3.63, 3.8) is 0 Å². The molecule has 0 N–H and O–H groups in total. The summed E-state index contributed by atoms with van der Waals surface area (Å²) in [6, 6.07) is 1.76. The molecule has 3 heterocycles. The first-order chi connectivity index (χ1) is 9.97. The minimum absolute atomic E-state index is 0.0178. The van der Waals surface area contributed by atoms with E-state index < -0.39 is 5.60 Å². The summed E-state index contributed by atoms with van der Waals surface area (Å²) in [5.74, 6) is 0.550. The van der Waals surface area contributed by atoms with Gasteiger partial charge in [0.15, 0.2) is 0 Å². The van der Waals surface area contributed by atoms with Gasteiger partial charge in [-0.15, -0.1) is 0 Å². The van der Waals surface area contributed by atoms with Gasteiger partial charge in [-0.2, -0.15) is 0 Å². The summed E-state index contributed by atoms with van der Waals surface area (Å²) in [6.45, 7) is 3.50. The molecular formula is C14H19N3O4. The molecule has 0 aliphatic carbocycles. The highest BCUT2D eigenvalue weighted by Crippen LogP contribution is 2.31. The van der Waals surface area contributed by atoms with Crippen LogP contribution in [0.25, 0.3) is 0 Å². The molecule has 1 atom stereocenters. The lowest BCUT2D eigenvalue weighted by molar-refractivity contribution is -0.136. The second kappa shape index (κ2) is 5.05. The van der Waals surface area contributed by atoms with Gasteiger partial charge in [-0.25, -0.2) is 4.79 Å². The van der Waals surface area contributed by atoms with Gasteiger partial charge < -0.3 is 19.1 Å². The van der Waals surface area contributed by atoms with Gasteiger partial charge in [0, 0.05) is 19.7 Å². The van der Waals surface area contributed by atoms with E-state index >= 15 is 0 Å². The fourth-order valence-electron chi connectivity index (χ4n) is 3.08. The Hall–Kier alpha value is -2.05. The van der Waals surface area contributed by atoms with E-state index in [4.69, 9.17) is 9.26 Å². The summed E-state index contributed by atoms with van der Waals surface area (Å²) >= 11 is 0. The molecule has 1 aromatic rings. The zero-order valence-electron chi connectivity index (χ0n) is 12.3. The van der Waals surface area contributed by atoms with Gasteiger partial charge in [-0.05, 0) is 19.8 Å². The van der Waals surface area contributed by atoms with E-state index in [1.54, 1.807) is 22.9 Å². The quantitative estimate of drug-likeness (QED) is 0.812. The molecule has 0 bridgehead atoms. The molecule has 0 unspecified atom stereocenters. The third-order valence-electron chi connectivity index (χ3n) is 4.04. The molecule has 7 nitrogen and oxygen atoms in total. The summed E-state index contributed by atoms with van der Waals surface area (Å²) in [6.07, 6.45) is 1.52.